The summed E-state index contributed by atoms with van der Waals surface area (Å²) in [5, 5.41) is 10.3. The Morgan fingerprint density at radius 2 is 1.60 bits per heavy atom. The standard InChI is InChI=1S/C34H33NO12/c1-40-25-12-10-23(11-13-25)34(24(18-30(36)46-34)14-22-16-27(41-2)31(43-4)28(17-22)42-3)47-33(39)35(29-19-44-20-45-29)26(32(37)38)15-21-8-6-5-7-9-21/h5-13,16-19,26H,14-15,20H2,1-4H3,(H,37,38). The van der Waals surface area contributed by atoms with Crippen LogP contribution in [0.3, 0.4) is 0 Å². The second kappa shape index (κ2) is 14.1. The van der Waals surface area contributed by atoms with Gasteiger partial charge in [-0.2, -0.15) is 0 Å². The number of esters is 1. The minimum Gasteiger partial charge on any atom is -0.497 e. The average molecular weight is 648 g/mol. The molecule has 2 aliphatic heterocycles. The van der Waals surface area contributed by atoms with Crippen molar-refractivity contribution >= 4 is 18.0 Å². The van der Waals surface area contributed by atoms with E-state index >= 15 is 0 Å². The Balaban J connectivity index is 1.59. The molecule has 246 valence electrons. The smallest absolute Gasteiger partial charge is 0.421 e. The molecule has 0 aromatic heterocycles. The number of hydrogen-bond donors (Lipinski definition) is 1. The molecule has 2 unspecified atom stereocenters. The Hall–Kier alpha value is -5.85. The molecule has 47 heavy (non-hydrogen) atoms. The second-order valence-corrected chi connectivity index (χ2v) is 10.3. The number of cyclic esters (lactones) is 1. The molecule has 0 radical (unpaired) electrons. The van der Waals surface area contributed by atoms with Crippen LogP contribution in [0.4, 0.5) is 4.79 Å². The Morgan fingerprint density at radius 3 is 2.15 bits per heavy atom. The summed E-state index contributed by atoms with van der Waals surface area (Å²) in [6.07, 6.45) is 1.07. The summed E-state index contributed by atoms with van der Waals surface area (Å²) < 4.78 is 44.4. The number of benzene rings is 3. The number of aliphatic carboxylic acids is 1. The van der Waals surface area contributed by atoms with Gasteiger partial charge in [-0.15, -0.1) is 0 Å². The van der Waals surface area contributed by atoms with Gasteiger partial charge >= 0.3 is 23.8 Å². The van der Waals surface area contributed by atoms with Crippen molar-refractivity contribution in [3.8, 4) is 23.0 Å². The number of rotatable bonds is 13. The van der Waals surface area contributed by atoms with Crippen LogP contribution in [0.1, 0.15) is 16.7 Å². The minimum atomic E-state index is -2.13. The van der Waals surface area contributed by atoms with Gasteiger partial charge in [0, 0.05) is 30.1 Å². The zero-order valence-corrected chi connectivity index (χ0v) is 26.1. The first-order valence-electron chi connectivity index (χ1n) is 14.3. The zero-order valence-electron chi connectivity index (χ0n) is 26.1. The summed E-state index contributed by atoms with van der Waals surface area (Å²) in [6.45, 7) is -0.248. The van der Waals surface area contributed by atoms with Crippen molar-refractivity contribution in [2.75, 3.05) is 35.2 Å². The minimum absolute atomic E-state index is 0.0104. The van der Waals surface area contributed by atoms with Gasteiger partial charge in [-0.1, -0.05) is 30.3 Å². The maximum absolute atomic E-state index is 14.3. The molecular weight excluding hydrogens is 614 g/mol. The Bertz CT molecular complexity index is 1660. The van der Waals surface area contributed by atoms with Crippen molar-refractivity contribution in [3.05, 3.63) is 107 Å². The molecule has 2 atom stereocenters. The number of carbonyl (C=O) groups is 3. The van der Waals surface area contributed by atoms with Crippen molar-refractivity contribution in [2.24, 2.45) is 0 Å². The number of amides is 1. The van der Waals surface area contributed by atoms with E-state index in [1.807, 2.05) is 0 Å². The summed E-state index contributed by atoms with van der Waals surface area (Å²) in [6, 6.07) is 17.0. The van der Waals surface area contributed by atoms with Gasteiger partial charge in [0.25, 0.3) is 0 Å². The molecule has 1 N–H and O–H groups in total. The number of ether oxygens (including phenoxy) is 8. The predicted molar refractivity (Wildman–Crippen MR) is 164 cm³/mol. The molecular formula is C34H33NO12. The SMILES string of the molecule is COc1ccc(C2(OC(=O)N(C3=COCO3)C(Cc3ccccc3)C(=O)O)OC(=O)C=C2Cc2cc(OC)c(OC)c(OC)c2)cc1. The predicted octanol–water partition coefficient (Wildman–Crippen LogP) is 4.54. The normalized spacial score (nSPS) is 17.2. The molecule has 0 bridgehead atoms. The fourth-order valence-corrected chi connectivity index (χ4v) is 5.33. The average Bonchev–Trinajstić information content (AvgIpc) is 3.72. The van der Waals surface area contributed by atoms with Crippen LogP contribution in [-0.2, 0) is 47.2 Å². The van der Waals surface area contributed by atoms with E-state index in [-0.39, 0.29) is 36.7 Å². The lowest BCUT2D eigenvalue weighted by Crippen LogP contribution is -2.49. The first-order chi connectivity index (χ1) is 22.7. The van der Waals surface area contributed by atoms with Crippen LogP contribution in [0.15, 0.2) is 90.5 Å². The number of carboxylic acid groups (broad SMARTS) is 1. The van der Waals surface area contributed by atoms with Crippen molar-refractivity contribution in [1.82, 2.24) is 4.90 Å². The lowest BCUT2D eigenvalue weighted by atomic mass is 9.92. The molecule has 0 fully saturated rings. The molecule has 0 saturated carbocycles. The van der Waals surface area contributed by atoms with Gasteiger partial charge in [0.15, 0.2) is 11.5 Å². The monoisotopic (exact) mass is 647 g/mol. The van der Waals surface area contributed by atoms with E-state index in [9.17, 15) is 19.5 Å². The first-order valence-corrected chi connectivity index (χ1v) is 14.3. The molecule has 13 nitrogen and oxygen atoms in total. The highest BCUT2D eigenvalue weighted by Crippen LogP contribution is 2.45. The van der Waals surface area contributed by atoms with E-state index in [1.165, 1.54) is 34.5 Å². The van der Waals surface area contributed by atoms with Gasteiger partial charge in [-0.3, -0.25) is 0 Å². The summed E-state index contributed by atoms with van der Waals surface area (Å²) in [5.74, 6) is -2.87. The number of hydrogen-bond acceptors (Lipinski definition) is 11. The summed E-state index contributed by atoms with van der Waals surface area (Å²) in [4.78, 5) is 40.8. The third-order valence-electron chi connectivity index (χ3n) is 7.54. The van der Waals surface area contributed by atoms with Gasteiger partial charge in [0.2, 0.25) is 18.4 Å². The van der Waals surface area contributed by atoms with Crippen molar-refractivity contribution in [1.29, 1.82) is 0 Å². The lowest BCUT2D eigenvalue weighted by molar-refractivity contribution is -0.190. The third-order valence-corrected chi connectivity index (χ3v) is 7.54. The van der Waals surface area contributed by atoms with Gasteiger partial charge in [0.05, 0.1) is 28.4 Å². The Labute approximate surface area is 270 Å². The van der Waals surface area contributed by atoms with Gasteiger partial charge in [0.1, 0.15) is 18.1 Å². The highest BCUT2D eigenvalue weighted by Gasteiger charge is 2.51. The first kappa shape index (κ1) is 32.5. The van der Waals surface area contributed by atoms with Crippen molar-refractivity contribution in [2.45, 2.75) is 24.7 Å². The van der Waals surface area contributed by atoms with Crippen LogP contribution in [0.25, 0.3) is 0 Å². The highest BCUT2D eigenvalue weighted by molar-refractivity contribution is 5.88. The van der Waals surface area contributed by atoms with Crippen LogP contribution in [-0.4, -0.2) is 69.3 Å². The second-order valence-electron chi connectivity index (χ2n) is 10.3. The molecule has 0 aliphatic carbocycles. The number of carboxylic acids is 1. The summed E-state index contributed by atoms with van der Waals surface area (Å²) >= 11 is 0. The largest absolute Gasteiger partial charge is 0.497 e. The molecule has 3 aromatic carbocycles. The van der Waals surface area contributed by atoms with Crippen LogP contribution in [0.5, 0.6) is 23.0 Å². The fourth-order valence-electron chi connectivity index (χ4n) is 5.33. The fraction of sp³-hybridized carbons (Fsp3) is 0.265. The zero-order chi connectivity index (χ0) is 33.6. The molecule has 0 saturated heterocycles. The highest BCUT2D eigenvalue weighted by atomic mass is 16.8. The van der Waals surface area contributed by atoms with Crippen LogP contribution in [0, 0.1) is 0 Å². The quantitative estimate of drug-likeness (QED) is 0.260. The summed E-state index contributed by atoms with van der Waals surface area (Å²) in [7, 11) is 5.91. The molecule has 2 aliphatic rings. The van der Waals surface area contributed by atoms with E-state index < -0.39 is 29.9 Å². The molecule has 13 heteroatoms. The summed E-state index contributed by atoms with van der Waals surface area (Å²) in [5.41, 5.74) is 1.71. The van der Waals surface area contributed by atoms with Crippen molar-refractivity contribution < 1.29 is 57.4 Å². The molecule has 1 amide bonds. The van der Waals surface area contributed by atoms with Crippen molar-refractivity contribution in [3.63, 3.8) is 0 Å². The van der Waals surface area contributed by atoms with Gasteiger partial charge < -0.3 is 43.0 Å². The lowest BCUT2D eigenvalue weighted by Gasteiger charge is -2.35. The number of nitrogens with zero attached hydrogens (tertiary/aromatic N) is 1. The third kappa shape index (κ3) is 6.73. The molecule has 2 heterocycles. The van der Waals surface area contributed by atoms with Gasteiger partial charge in [-0.25, -0.2) is 19.3 Å². The van der Waals surface area contributed by atoms with Crippen LogP contribution < -0.4 is 18.9 Å². The van der Waals surface area contributed by atoms with Crippen LogP contribution in [0.2, 0.25) is 0 Å². The molecule has 5 rings (SSSR count). The maximum Gasteiger partial charge on any atom is 0.421 e. The molecule has 0 spiro atoms. The number of carbonyl (C=O) groups excluding carboxylic acids is 2. The van der Waals surface area contributed by atoms with E-state index in [4.69, 9.17) is 37.9 Å². The maximum atomic E-state index is 14.3. The van der Waals surface area contributed by atoms with E-state index in [0.717, 1.165) is 11.2 Å². The van der Waals surface area contributed by atoms with E-state index in [0.29, 0.717) is 34.1 Å². The number of methoxy groups -OCH3 is 4. The Morgan fingerprint density at radius 1 is 0.915 bits per heavy atom. The van der Waals surface area contributed by atoms with Gasteiger partial charge in [-0.05, 0) is 47.5 Å². The van der Waals surface area contributed by atoms with E-state index in [1.54, 1.807) is 66.7 Å². The molecule has 3 aromatic rings. The topological polar surface area (TPSA) is 149 Å². The van der Waals surface area contributed by atoms with E-state index in [2.05, 4.69) is 0 Å². The Kier molecular flexibility index (Phi) is 9.74. The van der Waals surface area contributed by atoms with Crippen LogP contribution >= 0.6 is 0 Å².